The topological polar surface area (TPSA) is 80.6 Å². The van der Waals surface area contributed by atoms with E-state index in [1.807, 2.05) is 69.0 Å². The van der Waals surface area contributed by atoms with Crippen molar-refractivity contribution in [2.75, 3.05) is 32.5 Å². The lowest BCUT2D eigenvalue weighted by atomic mass is 10.0. The van der Waals surface area contributed by atoms with E-state index in [4.69, 9.17) is 4.74 Å². The number of methoxy groups -OCH3 is 1. The summed E-state index contributed by atoms with van der Waals surface area (Å²) < 4.78 is 7.68. The SMILES string of the molecule is COc1ccccc1-n1c(SCCCC(=O)N2CCN(C(=O)CCC3CCCC3)C(C)C2)nnc1-c1ccccc1. The van der Waals surface area contributed by atoms with Crippen molar-refractivity contribution in [2.45, 2.75) is 69.5 Å². The molecule has 1 saturated carbocycles. The average Bonchev–Trinajstić information content (AvgIpc) is 3.68. The number of amides is 2. The highest BCUT2D eigenvalue weighted by atomic mass is 32.2. The van der Waals surface area contributed by atoms with Gasteiger partial charge in [-0.15, -0.1) is 10.2 Å². The molecular formula is C32H41N5O3S. The first-order chi connectivity index (χ1) is 20.0. The molecule has 0 N–H and O–H groups in total. The molecular weight excluding hydrogens is 534 g/mol. The van der Waals surface area contributed by atoms with Crippen LogP contribution in [0.3, 0.4) is 0 Å². The Labute approximate surface area is 247 Å². The number of carbonyl (C=O) groups is 2. The number of para-hydroxylation sites is 2. The van der Waals surface area contributed by atoms with Gasteiger partial charge in [0.2, 0.25) is 11.8 Å². The normalized spacial score (nSPS) is 17.7. The van der Waals surface area contributed by atoms with E-state index in [2.05, 4.69) is 17.1 Å². The molecule has 0 bridgehead atoms. The van der Waals surface area contributed by atoms with Gasteiger partial charge in [0.1, 0.15) is 5.75 Å². The zero-order valence-corrected chi connectivity index (χ0v) is 25.0. The number of thioether (sulfide) groups is 1. The number of hydrogen-bond donors (Lipinski definition) is 0. The number of piperazine rings is 1. The van der Waals surface area contributed by atoms with Crippen molar-refractivity contribution >= 4 is 23.6 Å². The fourth-order valence-corrected chi connectivity index (χ4v) is 6.92. The van der Waals surface area contributed by atoms with Gasteiger partial charge in [-0.3, -0.25) is 14.2 Å². The van der Waals surface area contributed by atoms with Crippen molar-refractivity contribution in [1.29, 1.82) is 0 Å². The second-order valence-corrected chi connectivity index (χ2v) is 12.2. The maximum atomic E-state index is 13.1. The number of ether oxygens (including phenoxy) is 1. The minimum Gasteiger partial charge on any atom is -0.495 e. The summed E-state index contributed by atoms with van der Waals surface area (Å²) in [7, 11) is 1.66. The molecule has 3 aromatic rings. The molecule has 9 heteroatoms. The molecule has 2 aliphatic rings. The van der Waals surface area contributed by atoms with Gasteiger partial charge >= 0.3 is 0 Å². The van der Waals surface area contributed by atoms with Gasteiger partial charge in [-0.05, 0) is 37.8 Å². The lowest BCUT2D eigenvalue weighted by Crippen LogP contribution is -2.55. The summed E-state index contributed by atoms with van der Waals surface area (Å²) in [6.45, 7) is 3.94. The zero-order chi connectivity index (χ0) is 28.6. The van der Waals surface area contributed by atoms with Gasteiger partial charge < -0.3 is 14.5 Å². The van der Waals surface area contributed by atoms with E-state index in [1.54, 1.807) is 18.9 Å². The minimum atomic E-state index is 0.0639. The molecule has 1 unspecified atom stereocenters. The number of nitrogens with zero attached hydrogens (tertiary/aromatic N) is 5. The van der Waals surface area contributed by atoms with Crippen LogP contribution in [0.15, 0.2) is 59.8 Å². The molecule has 2 fully saturated rings. The molecule has 1 aliphatic carbocycles. The zero-order valence-electron chi connectivity index (χ0n) is 24.2. The first kappa shape index (κ1) is 29.2. The Bertz CT molecular complexity index is 1310. The first-order valence-electron chi connectivity index (χ1n) is 14.9. The predicted octanol–water partition coefficient (Wildman–Crippen LogP) is 5.84. The lowest BCUT2D eigenvalue weighted by molar-refractivity contribution is -0.142. The van der Waals surface area contributed by atoms with Gasteiger partial charge in [-0.25, -0.2) is 0 Å². The van der Waals surface area contributed by atoms with Gasteiger partial charge in [0.15, 0.2) is 11.0 Å². The molecule has 1 aliphatic heterocycles. The third kappa shape index (κ3) is 7.12. The summed E-state index contributed by atoms with van der Waals surface area (Å²) in [5.74, 6) is 3.37. The fraction of sp³-hybridized carbons (Fsp3) is 0.500. The van der Waals surface area contributed by atoms with Gasteiger partial charge in [-0.2, -0.15) is 0 Å². The summed E-state index contributed by atoms with van der Waals surface area (Å²) in [5.41, 5.74) is 1.85. The standard InChI is InChI=1S/C32H41N5O3S/c1-24-23-35(20-21-36(24)30(39)19-18-25-11-6-7-12-25)29(38)17-10-22-41-32-34-33-31(26-13-4-3-5-14-26)37(32)27-15-8-9-16-28(27)40-2/h3-5,8-9,13-16,24-25H,6-7,10-12,17-23H2,1-2H3. The Hall–Kier alpha value is -3.33. The number of carbonyl (C=O) groups excluding carboxylic acids is 2. The van der Waals surface area contributed by atoms with Crippen LogP contribution in [0.5, 0.6) is 5.75 Å². The van der Waals surface area contributed by atoms with Crippen LogP contribution in [0, 0.1) is 5.92 Å². The third-order valence-electron chi connectivity index (χ3n) is 8.30. The molecule has 8 nitrogen and oxygen atoms in total. The van der Waals surface area contributed by atoms with Gasteiger partial charge in [0, 0.05) is 49.8 Å². The summed E-state index contributed by atoms with van der Waals surface area (Å²) in [6, 6.07) is 17.9. The van der Waals surface area contributed by atoms with Crippen LogP contribution in [0.25, 0.3) is 17.1 Å². The molecule has 1 saturated heterocycles. The Morgan fingerprint density at radius 2 is 1.71 bits per heavy atom. The summed E-state index contributed by atoms with van der Waals surface area (Å²) >= 11 is 1.60. The summed E-state index contributed by atoms with van der Waals surface area (Å²) in [4.78, 5) is 29.8. The van der Waals surface area contributed by atoms with Crippen molar-refractivity contribution in [1.82, 2.24) is 24.6 Å². The molecule has 0 spiro atoms. The van der Waals surface area contributed by atoms with E-state index in [-0.39, 0.29) is 17.9 Å². The molecule has 41 heavy (non-hydrogen) atoms. The van der Waals surface area contributed by atoms with Crippen LogP contribution < -0.4 is 4.74 Å². The monoisotopic (exact) mass is 575 g/mol. The third-order valence-corrected chi connectivity index (χ3v) is 9.31. The fourth-order valence-electron chi connectivity index (χ4n) is 6.04. The van der Waals surface area contributed by atoms with Crippen LogP contribution in [0.2, 0.25) is 0 Å². The summed E-state index contributed by atoms with van der Waals surface area (Å²) in [6.07, 6.45) is 8.04. The molecule has 2 heterocycles. The van der Waals surface area contributed by atoms with Crippen LogP contribution in [0.1, 0.15) is 58.3 Å². The van der Waals surface area contributed by atoms with Crippen molar-refractivity contribution in [2.24, 2.45) is 5.92 Å². The van der Waals surface area contributed by atoms with Gasteiger partial charge in [0.25, 0.3) is 0 Å². The smallest absolute Gasteiger partial charge is 0.222 e. The number of hydrogen-bond acceptors (Lipinski definition) is 6. The van der Waals surface area contributed by atoms with Crippen molar-refractivity contribution in [3.8, 4) is 22.8 Å². The predicted molar refractivity (Wildman–Crippen MR) is 162 cm³/mol. The molecule has 2 aromatic carbocycles. The molecule has 218 valence electrons. The Balaban J connectivity index is 1.15. The molecule has 0 radical (unpaired) electrons. The van der Waals surface area contributed by atoms with E-state index in [0.29, 0.717) is 32.5 Å². The Morgan fingerprint density at radius 3 is 2.46 bits per heavy atom. The second-order valence-electron chi connectivity index (χ2n) is 11.1. The van der Waals surface area contributed by atoms with Crippen LogP contribution in [0.4, 0.5) is 0 Å². The quantitative estimate of drug-likeness (QED) is 0.211. The molecule has 1 aromatic heterocycles. The van der Waals surface area contributed by atoms with Crippen LogP contribution in [-0.2, 0) is 9.59 Å². The maximum absolute atomic E-state index is 13.1. The maximum Gasteiger partial charge on any atom is 0.222 e. The van der Waals surface area contributed by atoms with E-state index in [9.17, 15) is 9.59 Å². The van der Waals surface area contributed by atoms with Crippen molar-refractivity contribution < 1.29 is 14.3 Å². The Morgan fingerprint density at radius 1 is 0.951 bits per heavy atom. The highest BCUT2D eigenvalue weighted by molar-refractivity contribution is 7.99. The molecule has 5 rings (SSSR count). The highest BCUT2D eigenvalue weighted by Crippen LogP contribution is 2.33. The number of rotatable bonds is 11. The minimum absolute atomic E-state index is 0.0639. The second kappa shape index (κ2) is 14.0. The molecule has 2 amide bonds. The van der Waals surface area contributed by atoms with Gasteiger partial charge in [0.05, 0.1) is 12.8 Å². The lowest BCUT2D eigenvalue weighted by Gasteiger charge is -2.40. The van der Waals surface area contributed by atoms with E-state index >= 15 is 0 Å². The van der Waals surface area contributed by atoms with Crippen LogP contribution in [-0.4, -0.2) is 74.9 Å². The van der Waals surface area contributed by atoms with E-state index in [1.165, 1.54) is 25.7 Å². The van der Waals surface area contributed by atoms with Crippen molar-refractivity contribution in [3.05, 3.63) is 54.6 Å². The van der Waals surface area contributed by atoms with Crippen LogP contribution >= 0.6 is 11.8 Å². The van der Waals surface area contributed by atoms with E-state index < -0.39 is 0 Å². The number of aromatic nitrogens is 3. The van der Waals surface area contributed by atoms with Crippen molar-refractivity contribution in [3.63, 3.8) is 0 Å². The average molecular weight is 576 g/mol. The number of benzene rings is 2. The highest BCUT2D eigenvalue weighted by Gasteiger charge is 2.30. The Kier molecular flexibility index (Phi) is 9.98. The van der Waals surface area contributed by atoms with Gasteiger partial charge in [-0.1, -0.05) is 79.9 Å². The molecule has 1 atom stereocenters. The first-order valence-corrected chi connectivity index (χ1v) is 15.9. The largest absolute Gasteiger partial charge is 0.495 e. The summed E-state index contributed by atoms with van der Waals surface area (Å²) in [5, 5.41) is 9.80. The van der Waals surface area contributed by atoms with E-state index in [0.717, 1.165) is 52.5 Å².